The van der Waals surface area contributed by atoms with E-state index in [-0.39, 0.29) is 0 Å². The van der Waals surface area contributed by atoms with Crippen molar-refractivity contribution in [2.45, 2.75) is 32.6 Å². The number of alkyl halides is 6. The maximum absolute atomic E-state index is 12.4. The van der Waals surface area contributed by atoms with Crippen LogP contribution in [0.4, 0.5) is 26.3 Å². The van der Waals surface area contributed by atoms with Crippen molar-refractivity contribution in [2.75, 3.05) is 0 Å². The minimum Gasteiger partial charge on any atom is -0.170 e. The molecule has 0 aromatic carbocycles. The summed E-state index contributed by atoms with van der Waals surface area (Å²) in [6.45, 7) is 5.43. The number of halogens is 6. The van der Waals surface area contributed by atoms with E-state index in [0.29, 0.717) is 5.57 Å². The Morgan fingerprint density at radius 2 is 1.56 bits per heavy atom. The highest BCUT2D eigenvalue weighted by Gasteiger charge is 2.42. The predicted molar refractivity (Wildman–Crippen MR) is 48.8 cm³/mol. The molecule has 0 spiro atoms. The Bertz CT molecular complexity index is 277. The van der Waals surface area contributed by atoms with Gasteiger partial charge in [-0.15, -0.1) is 0 Å². The molecule has 0 aromatic rings. The minimum absolute atomic E-state index is 0.317. The van der Waals surface area contributed by atoms with Crippen molar-refractivity contribution in [3.63, 3.8) is 0 Å². The summed E-state index contributed by atoms with van der Waals surface area (Å²) in [6.07, 6.45) is -9.85. The first-order valence-corrected chi connectivity index (χ1v) is 4.41. The summed E-state index contributed by atoms with van der Waals surface area (Å²) in [6, 6.07) is 0. The molecule has 0 N–H and O–H groups in total. The molecule has 0 aliphatic rings. The van der Waals surface area contributed by atoms with Gasteiger partial charge < -0.3 is 0 Å². The summed E-state index contributed by atoms with van der Waals surface area (Å²) >= 11 is 0. The Morgan fingerprint density at radius 1 is 1.12 bits per heavy atom. The van der Waals surface area contributed by atoms with Crippen LogP contribution in [0.3, 0.4) is 0 Å². The van der Waals surface area contributed by atoms with Crippen molar-refractivity contribution in [1.29, 1.82) is 0 Å². The Hall–Kier alpha value is -0.940. The fourth-order valence-electron chi connectivity index (χ4n) is 1.05. The molecule has 0 fully saturated rings. The molecule has 0 bridgehead atoms. The number of hydrogen-bond acceptors (Lipinski definition) is 0. The molecule has 0 amide bonds. The van der Waals surface area contributed by atoms with Crippen LogP contribution in [-0.4, -0.2) is 12.4 Å². The van der Waals surface area contributed by atoms with Crippen LogP contribution < -0.4 is 0 Å². The van der Waals surface area contributed by atoms with Crippen molar-refractivity contribution in [2.24, 2.45) is 5.92 Å². The maximum atomic E-state index is 12.4. The molecule has 0 rings (SSSR count). The van der Waals surface area contributed by atoms with Crippen molar-refractivity contribution >= 4 is 0 Å². The average Bonchev–Trinajstić information content (AvgIpc) is 1.98. The topological polar surface area (TPSA) is 0 Å². The third-order valence-electron chi connectivity index (χ3n) is 1.82. The lowest BCUT2D eigenvalue weighted by atomic mass is 9.97. The van der Waals surface area contributed by atoms with Gasteiger partial charge in [0.05, 0.1) is 5.92 Å². The predicted octanol–water partition coefficient (Wildman–Crippen LogP) is 4.64. The summed E-state index contributed by atoms with van der Waals surface area (Å²) < 4.78 is 73.3. The van der Waals surface area contributed by atoms with Crippen molar-refractivity contribution < 1.29 is 26.3 Å². The maximum Gasteiger partial charge on any atom is 0.412 e. The van der Waals surface area contributed by atoms with Crippen molar-refractivity contribution in [1.82, 2.24) is 0 Å². The van der Waals surface area contributed by atoms with E-state index in [1.165, 1.54) is 13.8 Å². The smallest absolute Gasteiger partial charge is 0.170 e. The van der Waals surface area contributed by atoms with Crippen LogP contribution in [-0.2, 0) is 0 Å². The summed E-state index contributed by atoms with van der Waals surface area (Å²) in [5, 5.41) is 0. The van der Waals surface area contributed by atoms with Crippen LogP contribution in [0.2, 0.25) is 0 Å². The Balaban J connectivity index is 4.85. The van der Waals surface area contributed by atoms with E-state index in [2.05, 4.69) is 6.58 Å². The zero-order valence-corrected chi connectivity index (χ0v) is 8.84. The third kappa shape index (κ3) is 5.23. The van der Waals surface area contributed by atoms with E-state index >= 15 is 0 Å². The second-order valence-electron chi connectivity index (χ2n) is 3.70. The van der Waals surface area contributed by atoms with Gasteiger partial charge in [-0.25, -0.2) is 0 Å². The molecule has 1 unspecified atom stereocenters. The molecule has 0 aliphatic heterocycles. The molecule has 0 heterocycles. The van der Waals surface area contributed by atoms with E-state index in [1.807, 2.05) is 0 Å². The first-order valence-electron chi connectivity index (χ1n) is 4.41. The standard InChI is InChI=1S/C10H12F6/c1-6(2)4-8(10(14,15)16)5-7(3)9(11,12)13/h4,8H,3,5H2,1-2H3. The summed E-state index contributed by atoms with van der Waals surface area (Å²) in [4.78, 5) is 0. The summed E-state index contributed by atoms with van der Waals surface area (Å²) in [5.41, 5.74) is -1.05. The average molecular weight is 246 g/mol. The van der Waals surface area contributed by atoms with Crippen LogP contribution in [0.5, 0.6) is 0 Å². The highest BCUT2D eigenvalue weighted by Crippen LogP contribution is 2.37. The lowest BCUT2D eigenvalue weighted by molar-refractivity contribution is -0.165. The van der Waals surface area contributed by atoms with E-state index in [0.717, 1.165) is 6.08 Å². The molecular formula is C10H12F6. The number of hydrogen-bond donors (Lipinski definition) is 0. The zero-order chi connectivity index (χ0) is 13.1. The van der Waals surface area contributed by atoms with Gasteiger partial charge in [-0.1, -0.05) is 18.2 Å². The van der Waals surface area contributed by atoms with Gasteiger partial charge in [0.25, 0.3) is 0 Å². The second kappa shape index (κ2) is 4.93. The molecule has 0 aromatic heterocycles. The van der Waals surface area contributed by atoms with Gasteiger partial charge in [0.2, 0.25) is 0 Å². The minimum atomic E-state index is -4.78. The molecule has 0 aliphatic carbocycles. The van der Waals surface area contributed by atoms with E-state index in [1.54, 1.807) is 0 Å². The normalized spacial score (nSPS) is 14.5. The Morgan fingerprint density at radius 3 is 1.81 bits per heavy atom. The Labute approximate surface area is 89.6 Å². The van der Waals surface area contributed by atoms with Crippen LogP contribution in [0, 0.1) is 5.92 Å². The van der Waals surface area contributed by atoms with Gasteiger partial charge >= 0.3 is 12.4 Å². The van der Waals surface area contributed by atoms with Crippen LogP contribution in [0.15, 0.2) is 23.8 Å². The fourth-order valence-corrected chi connectivity index (χ4v) is 1.05. The number of allylic oxidation sites excluding steroid dienone is 3. The molecule has 1 atom stereocenters. The summed E-state index contributed by atoms with van der Waals surface area (Å²) in [5.74, 6) is -2.13. The highest BCUT2D eigenvalue weighted by atomic mass is 19.4. The monoisotopic (exact) mass is 246 g/mol. The first kappa shape index (κ1) is 15.1. The number of rotatable bonds is 3. The molecule has 6 heteroatoms. The molecule has 0 radical (unpaired) electrons. The summed E-state index contributed by atoms with van der Waals surface area (Å²) in [7, 11) is 0. The largest absolute Gasteiger partial charge is 0.412 e. The quantitative estimate of drug-likeness (QED) is 0.502. The van der Waals surface area contributed by atoms with Gasteiger partial charge in [0, 0.05) is 5.57 Å². The van der Waals surface area contributed by atoms with Gasteiger partial charge in [0.1, 0.15) is 0 Å². The fraction of sp³-hybridized carbons (Fsp3) is 0.600. The first-order chi connectivity index (χ1) is 6.94. The molecule has 0 saturated heterocycles. The van der Waals surface area contributed by atoms with Crippen molar-refractivity contribution in [3.8, 4) is 0 Å². The SMILES string of the molecule is C=C(CC(C=C(C)C)C(F)(F)F)C(F)(F)F. The van der Waals surface area contributed by atoms with Gasteiger partial charge in [-0.2, -0.15) is 26.3 Å². The molecule has 0 saturated carbocycles. The molecular weight excluding hydrogens is 234 g/mol. The van der Waals surface area contributed by atoms with E-state index in [4.69, 9.17) is 0 Å². The van der Waals surface area contributed by atoms with Crippen LogP contribution >= 0.6 is 0 Å². The Kier molecular flexibility index (Phi) is 4.64. The lowest BCUT2D eigenvalue weighted by Crippen LogP contribution is -2.24. The van der Waals surface area contributed by atoms with Crippen molar-refractivity contribution in [3.05, 3.63) is 23.8 Å². The van der Waals surface area contributed by atoms with Gasteiger partial charge in [-0.05, 0) is 20.3 Å². The van der Waals surface area contributed by atoms with E-state index < -0.39 is 30.3 Å². The van der Waals surface area contributed by atoms with Crippen LogP contribution in [0.25, 0.3) is 0 Å². The second-order valence-corrected chi connectivity index (χ2v) is 3.70. The van der Waals surface area contributed by atoms with Gasteiger partial charge in [0.15, 0.2) is 0 Å². The molecule has 0 nitrogen and oxygen atoms in total. The van der Waals surface area contributed by atoms with Gasteiger partial charge in [-0.3, -0.25) is 0 Å². The lowest BCUT2D eigenvalue weighted by Gasteiger charge is -2.19. The molecule has 16 heavy (non-hydrogen) atoms. The van der Waals surface area contributed by atoms with E-state index in [9.17, 15) is 26.3 Å². The zero-order valence-electron chi connectivity index (χ0n) is 8.84. The van der Waals surface area contributed by atoms with Crippen LogP contribution in [0.1, 0.15) is 20.3 Å². The highest BCUT2D eigenvalue weighted by molar-refractivity contribution is 5.10. The third-order valence-corrected chi connectivity index (χ3v) is 1.82. The molecule has 94 valence electrons.